The van der Waals surface area contributed by atoms with Crippen molar-refractivity contribution >= 4 is 28.2 Å². The van der Waals surface area contributed by atoms with Crippen LogP contribution in [-0.4, -0.2) is 61.5 Å². The largest absolute Gasteiger partial charge is 0.465 e. The van der Waals surface area contributed by atoms with Crippen molar-refractivity contribution in [3.63, 3.8) is 0 Å². The van der Waals surface area contributed by atoms with Crippen molar-refractivity contribution in [2.24, 2.45) is 0 Å². The van der Waals surface area contributed by atoms with E-state index in [4.69, 9.17) is 4.74 Å². The monoisotopic (exact) mass is 481 g/mol. The van der Waals surface area contributed by atoms with E-state index in [9.17, 15) is 14.0 Å². The van der Waals surface area contributed by atoms with Crippen LogP contribution >= 0.6 is 11.3 Å². The van der Waals surface area contributed by atoms with Gasteiger partial charge in [-0.25, -0.2) is 9.18 Å². The molecule has 0 radical (unpaired) electrons. The average Bonchev–Trinajstić information content (AvgIpc) is 3.25. The molecule has 178 valence electrons. The van der Waals surface area contributed by atoms with Gasteiger partial charge >= 0.3 is 5.97 Å². The Bertz CT molecular complexity index is 1140. The molecule has 1 aliphatic heterocycles. The van der Waals surface area contributed by atoms with Gasteiger partial charge in [0.05, 0.1) is 13.7 Å². The third-order valence-electron chi connectivity index (χ3n) is 5.95. The summed E-state index contributed by atoms with van der Waals surface area (Å²) >= 11 is 1.26. The van der Waals surface area contributed by atoms with Gasteiger partial charge in [-0.15, -0.1) is 11.3 Å². The second-order valence-corrected chi connectivity index (χ2v) is 9.32. The first-order valence-electron chi connectivity index (χ1n) is 11.2. The number of carbonyl (C=O) groups excluding carboxylic acids is 2. The zero-order chi connectivity index (χ0) is 24.1. The molecule has 0 atom stereocenters. The summed E-state index contributed by atoms with van der Waals surface area (Å²) in [6.45, 7) is 6.63. The van der Waals surface area contributed by atoms with Crippen LogP contribution in [0, 0.1) is 12.7 Å². The molecule has 2 aromatic carbocycles. The zero-order valence-corrected chi connectivity index (χ0v) is 20.2. The first-order chi connectivity index (χ1) is 16.4. The Kier molecular flexibility index (Phi) is 7.72. The van der Waals surface area contributed by atoms with Gasteiger partial charge in [-0.05, 0) is 30.2 Å². The number of ether oxygens (including phenoxy) is 1. The van der Waals surface area contributed by atoms with E-state index in [-0.39, 0.29) is 23.8 Å². The van der Waals surface area contributed by atoms with Crippen LogP contribution in [0.3, 0.4) is 0 Å². The second-order valence-electron chi connectivity index (χ2n) is 8.44. The molecule has 1 N–H and O–H groups in total. The third-order valence-corrected chi connectivity index (χ3v) is 6.84. The van der Waals surface area contributed by atoms with Crippen molar-refractivity contribution in [3.8, 4) is 11.1 Å². The normalized spacial score (nSPS) is 14.7. The van der Waals surface area contributed by atoms with Gasteiger partial charge in [0.15, 0.2) is 0 Å². The summed E-state index contributed by atoms with van der Waals surface area (Å²) in [7, 11) is 1.30. The van der Waals surface area contributed by atoms with E-state index in [1.807, 2.05) is 0 Å². The SMILES string of the molecule is COC(=O)c1c(-c2ccc(F)cc2)csc1NC(=O)CN1CCN(Cc2ccc(C)cc2)CC1. The summed E-state index contributed by atoms with van der Waals surface area (Å²) in [6.07, 6.45) is 0. The third kappa shape index (κ3) is 5.88. The molecule has 0 bridgehead atoms. The fraction of sp³-hybridized carbons (Fsp3) is 0.308. The Morgan fingerprint density at radius 2 is 1.65 bits per heavy atom. The molecule has 8 heteroatoms. The molecule has 1 fully saturated rings. The number of esters is 1. The molecule has 34 heavy (non-hydrogen) atoms. The molecule has 6 nitrogen and oxygen atoms in total. The van der Waals surface area contributed by atoms with Gasteiger partial charge in [0.1, 0.15) is 16.4 Å². The van der Waals surface area contributed by atoms with Crippen molar-refractivity contribution in [2.45, 2.75) is 13.5 Å². The summed E-state index contributed by atoms with van der Waals surface area (Å²) < 4.78 is 18.3. The lowest BCUT2D eigenvalue weighted by Gasteiger charge is -2.34. The Labute approximate surface area is 203 Å². The second kappa shape index (κ2) is 10.9. The van der Waals surface area contributed by atoms with Gasteiger partial charge < -0.3 is 10.1 Å². The minimum atomic E-state index is -0.541. The summed E-state index contributed by atoms with van der Waals surface area (Å²) in [5, 5.41) is 5.10. The molecule has 4 rings (SSSR count). The number of hydrogen-bond donors (Lipinski definition) is 1. The number of anilines is 1. The highest BCUT2D eigenvalue weighted by Crippen LogP contribution is 2.36. The molecule has 0 unspecified atom stereocenters. The predicted octanol–water partition coefficient (Wildman–Crippen LogP) is 4.41. The van der Waals surface area contributed by atoms with Crippen LogP contribution in [0.25, 0.3) is 11.1 Å². The average molecular weight is 482 g/mol. The molecule has 1 aliphatic rings. The zero-order valence-electron chi connectivity index (χ0n) is 19.3. The Hall–Kier alpha value is -3.07. The molecule has 1 aromatic heterocycles. The first kappa shape index (κ1) is 24.1. The standard InChI is InChI=1S/C26H28FN3O3S/c1-18-3-5-19(6-4-18)15-29-11-13-30(14-12-29)16-23(31)28-25-24(26(32)33-2)22(17-34-25)20-7-9-21(27)10-8-20/h3-10,17H,11-16H2,1-2H3,(H,28,31). The van der Waals surface area contributed by atoms with Gasteiger partial charge in [-0.3, -0.25) is 14.6 Å². The Morgan fingerprint density at radius 1 is 1.00 bits per heavy atom. The summed E-state index contributed by atoms with van der Waals surface area (Å²) in [4.78, 5) is 29.8. The van der Waals surface area contributed by atoms with E-state index in [1.54, 1.807) is 17.5 Å². The van der Waals surface area contributed by atoms with Crippen LogP contribution in [0.1, 0.15) is 21.5 Å². The van der Waals surface area contributed by atoms with Crippen molar-refractivity contribution in [1.82, 2.24) is 9.80 Å². The maximum absolute atomic E-state index is 13.3. The van der Waals surface area contributed by atoms with Crippen molar-refractivity contribution in [2.75, 3.05) is 45.2 Å². The number of halogens is 1. The highest BCUT2D eigenvalue weighted by molar-refractivity contribution is 7.15. The Morgan fingerprint density at radius 3 is 2.29 bits per heavy atom. The van der Waals surface area contributed by atoms with Gasteiger partial charge in [0.2, 0.25) is 5.91 Å². The number of piperazine rings is 1. The summed E-state index contributed by atoms with van der Waals surface area (Å²) in [5.41, 5.74) is 4.13. The highest BCUT2D eigenvalue weighted by Gasteiger charge is 2.24. The molecule has 0 aliphatic carbocycles. The first-order valence-corrected chi connectivity index (χ1v) is 12.1. The number of carbonyl (C=O) groups is 2. The van der Waals surface area contributed by atoms with Crippen LogP contribution in [-0.2, 0) is 16.1 Å². The fourth-order valence-corrected chi connectivity index (χ4v) is 5.00. The van der Waals surface area contributed by atoms with E-state index in [0.717, 1.165) is 32.7 Å². The molecule has 0 spiro atoms. The highest BCUT2D eigenvalue weighted by atomic mass is 32.1. The minimum absolute atomic E-state index is 0.176. The van der Waals surface area contributed by atoms with E-state index in [0.29, 0.717) is 16.1 Å². The van der Waals surface area contributed by atoms with Gasteiger partial charge in [-0.1, -0.05) is 42.0 Å². The number of nitrogens with one attached hydrogen (secondary N) is 1. The van der Waals surface area contributed by atoms with E-state index in [1.165, 1.54) is 41.7 Å². The molecule has 2 heterocycles. The number of rotatable bonds is 7. The molecular weight excluding hydrogens is 453 g/mol. The smallest absolute Gasteiger partial charge is 0.341 e. The van der Waals surface area contributed by atoms with E-state index >= 15 is 0 Å². The number of thiophene rings is 1. The molecule has 0 saturated carbocycles. The number of benzene rings is 2. The van der Waals surface area contributed by atoms with Crippen LogP contribution in [0.5, 0.6) is 0 Å². The molecular formula is C26H28FN3O3S. The minimum Gasteiger partial charge on any atom is -0.465 e. The maximum Gasteiger partial charge on any atom is 0.341 e. The number of nitrogens with zero attached hydrogens (tertiary/aromatic N) is 2. The van der Waals surface area contributed by atoms with Crippen molar-refractivity contribution < 1.29 is 18.7 Å². The predicted molar refractivity (Wildman–Crippen MR) is 133 cm³/mol. The van der Waals surface area contributed by atoms with E-state index in [2.05, 4.69) is 46.3 Å². The fourth-order valence-electron chi connectivity index (χ4n) is 4.02. The molecule has 1 amide bonds. The summed E-state index contributed by atoms with van der Waals surface area (Å²) in [5.74, 6) is -1.07. The number of aryl methyl sites for hydroxylation is 1. The van der Waals surface area contributed by atoms with Gasteiger partial charge in [-0.2, -0.15) is 0 Å². The van der Waals surface area contributed by atoms with Crippen molar-refractivity contribution in [1.29, 1.82) is 0 Å². The van der Waals surface area contributed by atoms with Gasteiger partial charge in [0.25, 0.3) is 0 Å². The summed E-state index contributed by atoms with van der Waals surface area (Å²) in [6, 6.07) is 14.5. The van der Waals surface area contributed by atoms with E-state index < -0.39 is 5.97 Å². The molecule has 1 saturated heterocycles. The van der Waals surface area contributed by atoms with Crippen LogP contribution in [0.2, 0.25) is 0 Å². The van der Waals surface area contributed by atoms with Crippen LogP contribution in [0.4, 0.5) is 9.39 Å². The number of amides is 1. The quantitative estimate of drug-likeness (QED) is 0.507. The topological polar surface area (TPSA) is 61.9 Å². The van der Waals surface area contributed by atoms with Crippen molar-refractivity contribution in [3.05, 3.63) is 76.4 Å². The van der Waals surface area contributed by atoms with Crippen LogP contribution in [0.15, 0.2) is 53.9 Å². The maximum atomic E-state index is 13.3. The lowest BCUT2D eigenvalue weighted by molar-refractivity contribution is -0.117. The van der Waals surface area contributed by atoms with Gasteiger partial charge in [0, 0.05) is 43.7 Å². The Balaban J connectivity index is 1.35. The molecule has 3 aromatic rings. The number of hydrogen-bond acceptors (Lipinski definition) is 6. The number of methoxy groups -OCH3 is 1. The van der Waals surface area contributed by atoms with Crippen LogP contribution < -0.4 is 5.32 Å². The lowest BCUT2D eigenvalue weighted by atomic mass is 10.0. The lowest BCUT2D eigenvalue weighted by Crippen LogP contribution is -2.48.